The number of hydrogen-bond donors (Lipinski definition) is 1. The third kappa shape index (κ3) is 2.63. The van der Waals surface area contributed by atoms with Crippen molar-refractivity contribution >= 4 is 17.3 Å². The molecule has 0 amide bonds. The van der Waals surface area contributed by atoms with Gasteiger partial charge in [0.1, 0.15) is 21.5 Å². The van der Waals surface area contributed by atoms with E-state index in [4.69, 9.17) is 5.11 Å². The minimum atomic E-state index is -1.09. The number of thiazole rings is 1. The summed E-state index contributed by atoms with van der Waals surface area (Å²) in [5.41, 5.74) is 0.525. The normalized spacial score (nSPS) is 11.0. The van der Waals surface area contributed by atoms with E-state index in [1.54, 1.807) is 0 Å². The van der Waals surface area contributed by atoms with Crippen LogP contribution < -0.4 is 0 Å². The van der Waals surface area contributed by atoms with Gasteiger partial charge in [-0.1, -0.05) is 13.8 Å². The van der Waals surface area contributed by atoms with Gasteiger partial charge in [-0.3, -0.25) is 0 Å². The maximum atomic E-state index is 13.7. The zero-order valence-electron chi connectivity index (χ0n) is 10.3. The fraction of sp³-hybridized carbons (Fsp3) is 0.231. The van der Waals surface area contributed by atoms with Gasteiger partial charge in [-0.25, -0.2) is 18.6 Å². The van der Waals surface area contributed by atoms with Crippen molar-refractivity contribution < 1.29 is 18.7 Å². The maximum Gasteiger partial charge on any atom is 0.347 e. The predicted octanol–water partition coefficient (Wildman–Crippen LogP) is 3.91. The summed E-state index contributed by atoms with van der Waals surface area (Å²) in [7, 11) is 0. The number of hydrogen-bond acceptors (Lipinski definition) is 3. The van der Waals surface area contributed by atoms with E-state index in [1.807, 2.05) is 13.8 Å². The Kier molecular flexibility index (Phi) is 3.61. The van der Waals surface area contributed by atoms with Gasteiger partial charge >= 0.3 is 5.97 Å². The van der Waals surface area contributed by atoms with Crippen LogP contribution in [0.5, 0.6) is 0 Å². The molecule has 0 aliphatic rings. The number of carboxylic acids is 1. The summed E-state index contributed by atoms with van der Waals surface area (Å²) in [5.74, 6) is -2.60. The van der Waals surface area contributed by atoms with Crippen molar-refractivity contribution in [2.75, 3.05) is 0 Å². The lowest BCUT2D eigenvalue weighted by molar-refractivity contribution is 0.0700. The first kappa shape index (κ1) is 13.6. The van der Waals surface area contributed by atoms with Crippen molar-refractivity contribution in [3.63, 3.8) is 0 Å². The Hall–Kier alpha value is -1.82. The second kappa shape index (κ2) is 5.05. The van der Waals surface area contributed by atoms with Gasteiger partial charge in [-0.05, 0) is 18.1 Å². The van der Waals surface area contributed by atoms with E-state index in [1.165, 1.54) is 6.07 Å². The van der Waals surface area contributed by atoms with Crippen molar-refractivity contribution in [3.05, 3.63) is 40.4 Å². The van der Waals surface area contributed by atoms with Crippen LogP contribution in [0.3, 0.4) is 0 Å². The van der Waals surface area contributed by atoms with Gasteiger partial charge in [0, 0.05) is 11.6 Å². The first-order valence-corrected chi connectivity index (χ1v) is 6.41. The number of rotatable bonds is 3. The molecule has 0 spiro atoms. The Morgan fingerprint density at radius 1 is 1.37 bits per heavy atom. The van der Waals surface area contributed by atoms with Crippen LogP contribution in [0.4, 0.5) is 8.78 Å². The molecule has 0 saturated heterocycles. The van der Waals surface area contributed by atoms with Crippen LogP contribution in [-0.4, -0.2) is 16.1 Å². The SMILES string of the molecule is CC(C)c1nc(-c2ccc(F)cc2F)sc1C(=O)O. The Labute approximate surface area is 112 Å². The van der Waals surface area contributed by atoms with Gasteiger partial charge < -0.3 is 5.11 Å². The molecule has 1 aromatic heterocycles. The Morgan fingerprint density at radius 2 is 2.05 bits per heavy atom. The second-order valence-corrected chi connectivity index (χ2v) is 5.32. The maximum absolute atomic E-state index is 13.7. The highest BCUT2D eigenvalue weighted by Gasteiger charge is 2.21. The van der Waals surface area contributed by atoms with E-state index in [9.17, 15) is 13.6 Å². The molecule has 1 N–H and O–H groups in total. The molecular weight excluding hydrogens is 272 g/mol. The third-order valence-corrected chi connectivity index (χ3v) is 3.65. The summed E-state index contributed by atoms with van der Waals surface area (Å²) in [6.07, 6.45) is 0. The fourth-order valence-electron chi connectivity index (χ4n) is 1.65. The van der Waals surface area contributed by atoms with Crippen molar-refractivity contribution in [1.29, 1.82) is 0 Å². The number of carboxylic acid groups (broad SMARTS) is 1. The molecule has 0 bridgehead atoms. The number of aromatic carboxylic acids is 1. The highest BCUT2D eigenvalue weighted by molar-refractivity contribution is 7.17. The van der Waals surface area contributed by atoms with Crippen molar-refractivity contribution in [2.45, 2.75) is 19.8 Å². The van der Waals surface area contributed by atoms with Gasteiger partial charge in [0.15, 0.2) is 0 Å². The molecule has 0 aliphatic heterocycles. The van der Waals surface area contributed by atoms with Crippen molar-refractivity contribution in [2.24, 2.45) is 0 Å². The number of nitrogens with zero attached hydrogens (tertiary/aromatic N) is 1. The van der Waals surface area contributed by atoms with E-state index >= 15 is 0 Å². The largest absolute Gasteiger partial charge is 0.477 e. The molecule has 2 aromatic rings. The summed E-state index contributed by atoms with van der Waals surface area (Å²) < 4.78 is 26.5. The van der Waals surface area contributed by atoms with Crippen LogP contribution in [0.2, 0.25) is 0 Å². The summed E-state index contributed by atoms with van der Waals surface area (Å²) in [5, 5.41) is 9.35. The van der Waals surface area contributed by atoms with Gasteiger partial charge in [-0.2, -0.15) is 0 Å². The number of halogens is 2. The molecule has 0 aliphatic carbocycles. The summed E-state index contributed by atoms with van der Waals surface area (Å²) in [4.78, 5) is 15.4. The lowest BCUT2D eigenvalue weighted by Gasteiger charge is -2.01. The molecular formula is C13H11F2NO2S. The van der Waals surface area contributed by atoms with Crippen LogP contribution in [0, 0.1) is 11.6 Å². The zero-order chi connectivity index (χ0) is 14.2. The van der Waals surface area contributed by atoms with Crippen molar-refractivity contribution in [1.82, 2.24) is 4.98 Å². The molecule has 6 heteroatoms. The molecule has 100 valence electrons. The van der Waals surface area contributed by atoms with Crippen LogP contribution in [0.1, 0.15) is 35.1 Å². The van der Waals surface area contributed by atoms with E-state index in [0.717, 1.165) is 23.5 Å². The minimum absolute atomic E-state index is 0.0837. The Morgan fingerprint density at radius 3 is 2.53 bits per heavy atom. The number of carbonyl (C=O) groups is 1. The smallest absolute Gasteiger partial charge is 0.347 e. The first-order valence-electron chi connectivity index (χ1n) is 5.59. The second-order valence-electron chi connectivity index (χ2n) is 4.32. The molecule has 1 heterocycles. The third-order valence-electron chi connectivity index (χ3n) is 2.56. The Balaban J connectivity index is 2.57. The molecule has 0 unspecified atom stereocenters. The highest BCUT2D eigenvalue weighted by Crippen LogP contribution is 2.33. The van der Waals surface area contributed by atoms with Gasteiger partial charge in [0.25, 0.3) is 0 Å². The molecule has 0 radical (unpaired) electrons. The lowest BCUT2D eigenvalue weighted by Crippen LogP contribution is -2.00. The number of benzene rings is 1. The van der Waals surface area contributed by atoms with Crippen molar-refractivity contribution in [3.8, 4) is 10.6 Å². The molecule has 0 atom stereocenters. The van der Waals surface area contributed by atoms with E-state index < -0.39 is 17.6 Å². The standard InChI is InChI=1S/C13H11F2NO2S/c1-6(2)10-11(13(17)18)19-12(16-10)8-4-3-7(14)5-9(8)15/h3-6H,1-2H3,(H,17,18). The van der Waals surface area contributed by atoms with Crippen LogP contribution >= 0.6 is 11.3 Å². The van der Waals surface area contributed by atoms with Gasteiger partial charge in [-0.15, -0.1) is 11.3 Å². The minimum Gasteiger partial charge on any atom is -0.477 e. The zero-order valence-corrected chi connectivity index (χ0v) is 11.1. The van der Waals surface area contributed by atoms with E-state index in [0.29, 0.717) is 5.69 Å². The topological polar surface area (TPSA) is 50.2 Å². The summed E-state index contributed by atoms with van der Waals surface area (Å²) in [6, 6.07) is 3.14. The average Bonchev–Trinajstić information content (AvgIpc) is 2.73. The van der Waals surface area contributed by atoms with Gasteiger partial charge in [0.05, 0.1) is 5.69 Å². The van der Waals surface area contributed by atoms with E-state index in [2.05, 4.69) is 4.98 Å². The monoisotopic (exact) mass is 283 g/mol. The van der Waals surface area contributed by atoms with Crippen LogP contribution in [0.15, 0.2) is 18.2 Å². The number of aromatic nitrogens is 1. The summed E-state index contributed by atoms with van der Waals surface area (Å²) in [6.45, 7) is 3.62. The Bertz CT molecular complexity index is 638. The van der Waals surface area contributed by atoms with Crippen LogP contribution in [0.25, 0.3) is 10.6 Å². The molecule has 1 aromatic carbocycles. The molecule has 0 fully saturated rings. The quantitative estimate of drug-likeness (QED) is 0.929. The lowest BCUT2D eigenvalue weighted by atomic mass is 10.1. The molecule has 2 rings (SSSR count). The summed E-state index contributed by atoms with van der Waals surface area (Å²) >= 11 is 0.896. The average molecular weight is 283 g/mol. The van der Waals surface area contributed by atoms with Gasteiger partial charge in [0.2, 0.25) is 0 Å². The highest BCUT2D eigenvalue weighted by atomic mass is 32.1. The molecule has 3 nitrogen and oxygen atoms in total. The molecule has 0 saturated carbocycles. The molecule has 19 heavy (non-hydrogen) atoms. The fourth-order valence-corrected chi connectivity index (χ4v) is 2.74. The predicted molar refractivity (Wildman–Crippen MR) is 68.5 cm³/mol. The van der Waals surface area contributed by atoms with Crippen LogP contribution in [-0.2, 0) is 0 Å². The first-order chi connectivity index (χ1) is 8.90. The van der Waals surface area contributed by atoms with E-state index in [-0.39, 0.29) is 21.4 Å².